The second-order valence-electron chi connectivity index (χ2n) is 5.70. The van der Waals surface area contributed by atoms with Crippen molar-refractivity contribution in [1.82, 2.24) is 10.3 Å². The molecule has 0 radical (unpaired) electrons. The largest absolute Gasteiger partial charge is 0.468 e. The first-order valence-corrected chi connectivity index (χ1v) is 9.27. The van der Waals surface area contributed by atoms with Crippen LogP contribution in [0.15, 0.2) is 48.5 Å². The summed E-state index contributed by atoms with van der Waals surface area (Å²) in [7, 11) is 1.93. The number of rotatable bonds is 1. The number of nitrogens with one attached hydrogen (secondary N) is 2. The van der Waals surface area contributed by atoms with E-state index in [4.69, 9.17) is 4.74 Å². The van der Waals surface area contributed by atoms with Gasteiger partial charge in [-0.1, -0.05) is 44.2 Å². The Kier molecular flexibility index (Phi) is 10.5. The van der Waals surface area contributed by atoms with Crippen LogP contribution in [0.3, 0.4) is 0 Å². The molecule has 1 atom stereocenters. The molecule has 3 aromatic rings. The second-order valence-corrected chi connectivity index (χ2v) is 5.70. The molecule has 0 fully saturated rings. The van der Waals surface area contributed by atoms with Gasteiger partial charge < -0.3 is 9.72 Å². The van der Waals surface area contributed by atoms with Gasteiger partial charge in [0.05, 0.1) is 14.3 Å². The highest BCUT2D eigenvalue weighted by atomic mass is 19.2. The van der Waals surface area contributed by atoms with Crippen LogP contribution in [0.1, 0.15) is 25.1 Å². The number of carbonyl (C=O) groups excluding carboxylic acids is 1. The summed E-state index contributed by atoms with van der Waals surface area (Å²) in [4.78, 5) is 14.9. The molecule has 0 saturated heterocycles. The fourth-order valence-electron chi connectivity index (χ4n) is 2.89. The molecule has 2 heterocycles. The van der Waals surface area contributed by atoms with E-state index in [0.717, 1.165) is 17.6 Å². The molecule has 4 rings (SSSR count). The van der Waals surface area contributed by atoms with Gasteiger partial charge in [-0.3, -0.25) is 14.5 Å². The Morgan fingerprint density at radius 2 is 1.55 bits per heavy atom. The molecular weight excluding hydrogens is 381 g/mol. The van der Waals surface area contributed by atoms with Crippen molar-refractivity contribution >= 4 is 16.9 Å². The van der Waals surface area contributed by atoms with E-state index in [9.17, 15) is 18.0 Å². The first kappa shape index (κ1) is 24.2. The number of hydrogen-bond donors (Lipinski definition) is 2. The number of alkyl halides is 1. The van der Waals surface area contributed by atoms with Gasteiger partial charge in [0.2, 0.25) is 0 Å². The lowest BCUT2D eigenvalue weighted by Crippen LogP contribution is -2.42. The molecule has 0 amide bonds. The van der Waals surface area contributed by atoms with E-state index in [2.05, 4.69) is 22.4 Å². The highest BCUT2D eigenvalue weighted by molar-refractivity contribution is 5.86. The average Bonchev–Trinajstić information content (AvgIpc) is 3.16. The van der Waals surface area contributed by atoms with Crippen molar-refractivity contribution in [3.05, 3.63) is 71.4 Å². The summed E-state index contributed by atoms with van der Waals surface area (Å²) in [6.07, 6.45) is 0.687. The zero-order valence-corrected chi connectivity index (χ0v) is 17.1. The van der Waals surface area contributed by atoms with Gasteiger partial charge in [-0.25, -0.2) is 8.78 Å². The Balaban J connectivity index is 0.000000296. The first-order valence-electron chi connectivity index (χ1n) is 9.27. The number of H-pyrrole nitrogens is 1. The van der Waals surface area contributed by atoms with E-state index in [1.54, 1.807) is 0 Å². The van der Waals surface area contributed by atoms with Gasteiger partial charge in [0.25, 0.3) is 0 Å². The van der Waals surface area contributed by atoms with Crippen molar-refractivity contribution in [2.24, 2.45) is 0 Å². The molecule has 2 N–H and O–H groups in total. The Hall–Kier alpha value is -2.80. The van der Waals surface area contributed by atoms with Gasteiger partial charge in [0.15, 0.2) is 11.6 Å². The van der Waals surface area contributed by atoms with Gasteiger partial charge in [-0.15, -0.1) is 0 Å². The smallest absolute Gasteiger partial charge is 0.323 e. The molecule has 1 aliphatic rings. The summed E-state index contributed by atoms with van der Waals surface area (Å²) in [6, 6.07) is 13.0. The quantitative estimate of drug-likeness (QED) is 0.561. The predicted molar refractivity (Wildman–Crippen MR) is 109 cm³/mol. The number of hydrogen-bond acceptors (Lipinski definition) is 3. The summed E-state index contributed by atoms with van der Waals surface area (Å²) in [5.74, 6) is -1.79. The molecule has 0 saturated carbocycles. The van der Waals surface area contributed by atoms with Gasteiger partial charge >= 0.3 is 5.97 Å². The van der Waals surface area contributed by atoms with Crippen molar-refractivity contribution in [3.8, 4) is 0 Å². The number of aromatic amines is 1. The van der Waals surface area contributed by atoms with Gasteiger partial charge in [0.1, 0.15) is 6.04 Å². The molecule has 0 bridgehead atoms. The third-order valence-corrected chi connectivity index (χ3v) is 4.15. The molecule has 1 aromatic heterocycles. The average molecular weight is 408 g/mol. The molecule has 1 unspecified atom stereocenters. The molecule has 158 valence electrons. The Bertz CT molecular complexity index is 876. The molecule has 0 aliphatic carbocycles. The van der Waals surface area contributed by atoms with Gasteiger partial charge in [-0.2, -0.15) is 0 Å². The lowest BCUT2D eigenvalue weighted by Gasteiger charge is -2.21. The van der Waals surface area contributed by atoms with Crippen LogP contribution in [0.4, 0.5) is 13.2 Å². The molecule has 4 nitrogen and oxygen atoms in total. The minimum Gasteiger partial charge on any atom is -0.468 e. The summed E-state index contributed by atoms with van der Waals surface area (Å²) >= 11 is 0. The van der Waals surface area contributed by atoms with Crippen LogP contribution in [-0.4, -0.2) is 31.3 Å². The fraction of sp³-hybridized carbons (Fsp3) is 0.318. The fourth-order valence-corrected chi connectivity index (χ4v) is 2.89. The number of ether oxygens (including phenoxy) is 1. The number of halogens is 3. The van der Waals surface area contributed by atoms with E-state index >= 15 is 0 Å². The number of fused-ring (bicyclic) bond motifs is 3. The van der Waals surface area contributed by atoms with Crippen molar-refractivity contribution in [2.45, 2.75) is 32.9 Å². The maximum absolute atomic E-state index is 11.9. The van der Waals surface area contributed by atoms with E-state index in [1.165, 1.54) is 35.9 Å². The molecule has 29 heavy (non-hydrogen) atoms. The third kappa shape index (κ3) is 6.35. The third-order valence-electron chi connectivity index (χ3n) is 4.15. The summed E-state index contributed by atoms with van der Waals surface area (Å²) < 4.78 is 38.2. The number of benzene rings is 2. The number of carbonyl (C=O) groups is 1. The normalized spacial score (nSPS) is 14.1. The van der Waals surface area contributed by atoms with Crippen molar-refractivity contribution in [3.63, 3.8) is 0 Å². The van der Waals surface area contributed by atoms with Crippen LogP contribution in [0, 0.1) is 11.6 Å². The van der Waals surface area contributed by atoms with E-state index in [1.807, 2.05) is 26.0 Å². The van der Waals surface area contributed by atoms with E-state index in [-0.39, 0.29) is 12.0 Å². The maximum Gasteiger partial charge on any atom is 0.323 e. The summed E-state index contributed by atoms with van der Waals surface area (Å²) in [5.41, 5.74) is 3.53. The highest BCUT2D eigenvalue weighted by Gasteiger charge is 2.27. The topological polar surface area (TPSA) is 54.1 Å². The van der Waals surface area contributed by atoms with Gasteiger partial charge in [0, 0.05) is 29.6 Å². The van der Waals surface area contributed by atoms with E-state index in [0.29, 0.717) is 20.1 Å². The van der Waals surface area contributed by atoms with Crippen LogP contribution in [0.5, 0.6) is 0 Å². The number of esters is 1. The minimum absolute atomic E-state index is 0.194. The zero-order valence-electron chi connectivity index (χ0n) is 17.1. The highest BCUT2D eigenvalue weighted by Crippen LogP contribution is 2.26. The number of aromatic nitrogens is 1. The van der Waals surface area contributed by atoms with Crippen LogP contribution >= 0.6 is 0 Å². The molecule has 7 heteroatoms. The zero-order chi connectivity index (χ0) is 21.8. The van der Waals surface area contributed by atoms with Crippen molar-refractivity contribution < 1.29 is 22.7 Å². The SMILES string of the molecule is CC.CF.COC(=O)C1Cc2c([nH]c3ccccc23)CN1.Fc1ccccc1F. The number of methoxy groups -OCH3 is 1. The second kappa shape index (κ2) is 12.6. The minimum atomic E-state index is -0.799. The lowest BCUT2D eigenvalue weighted by atomic mass is 9.99. The van der Waals surface area contributed by atoms with Crippen LogP contribution in [-0.2, 0) is 22.5 Å². The monoisotopic (exact) mass is 408 g/mol. The molecule has 0 spiro atoms. The first-order chi connectivity index (χ1) is 14.1. The van der Waals surface area contributed by atoms with Crippen molar-refractivity contribution in [2.75, 3.05) is 14.3 Å². The Labute approximate surface area is 169 Å². The summed E-state index contributed by atoms with van der Waals surface area (Å²) in [6.45, 7) is 4.68. The summed E-state index contributed by atoms with van der Waals surface area (Å²) in [5, 5.41) is 4.39. The molecule has 1 aliphatic heterocycles. The molecule has 2 aromatic carbocycles. The van der Waals surface area contributed by atoms with Crippen molar-refractivity contribution in [1.29, 1.82) is 0 Å². The van der Waals surface area contributed by atoms with Crippen LogP contribution < -0.4 is 5.32 Å². The van der Waals surface area contributed by atoms with E-state index < -0.39 is 11.6 Å². The predicted octanol–water partition coefficient (Wildman–Crippen LogP) is 4.93. The van der Waals surface area contributed by atoms with Crippen LogP contribution in [0.2, 0.25) is 0 Å². The van der Waals surface area contributed by atoms with Gasteiger partial charge in [-0.05, 0) is 23.8 Å². The lowest BCUT2D eigenvalue weighted by molar-refractivity contribution is -0.143. The standard InChI is InChI=1S/C13H14N2O2.C6H4F2.C2H6.CH3F/c1-17-13(16)11-6-9-8-4-2-3-5-10(8)15-12(9)7-14-11;7-5-3-1-2-4-6(5)8;2*1-2/h2-5,11,14-15H,6-7H2,1H3;1-4H;1-2H3;1H3. The molecular formula is C22H27F3N2O2. The Morgan fingerprint density at radius 1 is 1.00 bits per heavy atom. The number of para-hydroxylation sites is 1. The maximum atomic E-state index is 11.9. The Morgan fingerprint density at radius 3 is 2.10 bits per heavy atom. The van der Waals surface area contributed by atoms with Crippen LogP contribution in [0.25, 0.3) is 10.9 Å².